The molecule has 4 rings (SSSR count). The number of carboxylic acid groups (broad SMARTS) is 1. The van der Waals surface area contributed by atoms with Crippen molar-refractivity contribution >= 4 is 5.97 Å². The summed E-state index contributed by atoms with van der Waals surface area (Å²) in [6.45, 7) is 2.47. The van der Waals surface area contributed by atoms with Crippen molar-refractivity contribution in [2.75, 3.05) is 0 Å². The minimum atomic E-state index is -0.571. The number of hydrogen-bond acceptors (Lipinski definition) is 1. The quantitative estimate of drug-likeness (QED) is 0.757. The van der Waals surface area contributed by atoms with Crippen molar-refractivity contribution in [2.24, 2.45) is 34.5 Å². The fraction of sp³-hybridized carbons (Fsp3) is 0.812. The van der Waals surface area contributed by atoms with Crippen LogP contribution in [0.3, 0.4) is 0 Å². The van der Waals surface area contributed by atoms with Gasteiger partial charge in [-0.15, -0.1) is 0 Å². The number of fused-ring (bicyclic) bond motifs is 4. The summed E-state index contributed by atoms with van der Waals surface area (Å²) in [6, 6.07) is 0. The average molecular weight is 246 g/mol. The second-order valence-electron chi connectivity index (χ2n) is 7.53. The zero-order valence-electron chi connectivity index (χ0n) is 11.1. The third-order valence-electron chi connectivity index (χ3n) is 6.97. The predicted molar refractivity (Wildman–Crippen MR) is 69.0 cm³/mol. The van der Waals surface area contributed by atoms with E-state index in [-0.39, 0.29) is 11.3 Å². The van der Waals surface area contributed by atoms with Crippen LogP contribution in [0.1, 0.15) is 45.4 Å². The van der Waals surface area contributed by atoms with E-state index < -0.39 is 5.97 Å². The number of hydrogen-bond donors (Lipinski definition) is 1. The Bertz CT molecular complexity index is 440. The maximum Gasteiger partial charge on any atom is 0.307 e. The maximum absolute atomic E-state index is 11.4. The summed E-state index contributed by atoms with van der Waals surface area (Å²) in [6.07, 6.45) is 12.2. The highest BCUT2D eigenvalue weighted by Gasteiger charge is 2.63. The Morgan fingerprint density at radius 3 is 2.67 bits per heavy atom. The van der Waals surface area contributed by atoms with E-state index in [0.29, 0.717) is 11.3 Å². The number of allylic oxidation sites excluding steroid dienone is 2. The zero-order valence-corrected chi connectivity index (χ0v) is 11.1. The van der Waals surface area contributed by atoms with Gasteiger partial charge in [-0.25, -0.2) is 0 Å². The molecule has 0 spiro atoms. The van der Waals surface area contributed by atoms with Gasteiger partial charge in [0.05, 0.1) is 5.92 Å². The van der Waals surface area contributed by atoms with Gasteiger partial charge >= 0.3 is 5.97 Å². The number of carboxylic acids is 1. The molecule has 0 radical (unpaired) electrons. The molecule has 0 aromatic rings. The Balaban J connectivity index is 1.70. The van der Waals surface area contributed by atoms with Gasteiger partial charge in [0.25, 0.3) is 0 Å². The third-order valence-corrected chi connectivity index (χ3v) is 6.97. The first-order valence-corrected chi connectivity index (χ1v) is 7.46. The maximum atomic E-state index is 11.4. The minimum Gasteiger partial charge on any atom is -0.481 e. The molecular weight excluding hydrogens is 224 g/mol. The minimum absolute atomic E-state index is 0.106. The Labute approximate surface area is 108 Å². The molecule has 3 fully saturated rings. The largest absolute Gasteiger partial charge is 0.481 e. The van der Waals surface area contributed by atoms with Crippen molar-refractivity contribution in [3.05, 3.63) is 12.2 Å². The lowest BCUT2D eigenvalue weighted by Gasteiger charge is -2.48. The lowest BCUT2D eigenvalue weighted by molar-refractivity contribution is -0.143. The lowest BCUT2D eigenvalue weighted by Crippen LogP contribution is -2.41. The average Bonchev–Trinajstić information content (AvgIpc) is 3.07. The Kier molecular flexibility index (Phi) is 1.97. The topological polar surface area (TPSA) is 37.3 Å². The molecule has 0 heterocycles. The van der Waals surface area contributed by atoms with Crippen LogP contribution in [0.4, 0.5) is 0 Å². The molecule has 0 aliphatic heterocycles. The first kappa shape index (κ1) is 11.1. The molecule has 2 heteroatoms. The second-order valence-corrected chi connectivity index (χ2v) is 7.53. The van der Waals surface area contributed by atoms with Gasteiger partial charge in [-0.1, -0.05) is 25.5 Å². The van der Waals surface area contributed by atoms with Crippen molar-refractivity contribution in [3.63, 3.8) is 0 Å². The van der Waals surface area contributed by atoms with Crippen LogP contribution in [0, 0.1) is 34.5 Å². The smallest absolute Gasteiger partial charge is 0.307 e. The van der Waals surface area contributed by atoms with Gasteiger partial charge in [0.2, 0.25) is 0 Å². The van der Waals surface area contributed by atoms with Crippen molar-refractivity contribution in [3.8, 4) is 0 Å². The van der Waals surface area contributed by atoms with Gasteiger partial charge < -0.3 is 5.11 Å². The standard InChI is InChI=1S/C16H22O2/c1-15(7-10-2-3-12(15)6-10)16-5-4-11(8-16)13(9-16)14(17)18/h4-5,10-13H,2-3,6-9H2,1H3,(H,17,18). The summed E-state index contributed by atoms with van der Waals surface area (Å²) < 4.78 is 0. The number of carbonyl (C=O) groups is 1. The molecule has 0 saturated heterocycles. The van der Waals surface area contributed by atoms with Crippen LogP contribution in [0.25, 0.3) is 0 Å². The fourth-order valence-electron chi connectivity index (χ4n) is 5.98. The highest BCUT2D eigenvalue weighted by atomic mass is 16.4. The highest BCUT2D eigenvalue weighted by Crippen LogP contribution is 2.71. The van der Waals surface area contributed by atoms with Crippen molar-refractivity contribution < 1.29 is 9.90 Å². The van der Waals surface area contributed by atoms with Crippen LogP contribution in [0.15, 0.2) is 12.2 Å². The van der Waals surface area contributed by atoms with E-state index in [9.17, 15) is 9.90 Å². The van der Waals surface area contributed by atoms with Crippen LogP contribution >= 0.6 is 0 Å². The fourth-order valence-corrected chi connectivity index (χ4v) is 5.98. The molecule has 18 heavy (non-hydrogen) atoms. The van der Waals surface area contributed by atoms with Gasteiger partial charge in [0, 0.05) is 0 Å². The first-order chi connectivity index (χ1) is 8.54. The molecule has 98 valence electrons. The van der Waals surface area contributed by atoms with E-state index >= 15 is 0 Å². The molecular formula is C16H22O2. The molecule has 1 N–H and O–H groups in total. The van der Waals surface area contributed by atoms with E-state index in [4.69, 9.17) is 0 Å². The van der Waals surface area contributed by atoms with E-state index in [1.165, 1.54) is 25.7 Å². The number of aliphatic carboxylic acids is 1. The van der Waals surface area contributed by atoms with E-state index in [0.717, 1.165) is 24.7 Å². The second kappa shape index (κ2) is 3.20. The summed E-state index contributed by atoms with van der Waals surface area (Å²) in [4.78, 5) is 11.4. The number of rotatable bonds is 2. The van der Waals surface area contributed by atoms with Crippen LogP contribution in [0.2, 0.25) is 0 Å². The molecule has 4 aliphatic carbocycles. The molecule has 6 unspecified atom stereocenters. The molecule has 3 saturated carbocycles. The van der Waals surface area contributed by atoms with E-state index in [2.05, 4.69) is 19.1 Å². The van der Waals surface area contributed by atoms with Crippen LogP contribution in [-0.4, -0.2) is 11.1 Å². The molecule has 0 aromatic carbocycles. The Hall–Kier alpha value is -0.790. The van der Waals surface area contributed by atoms with Crippen LogP contribution in [0.5, 0.6) is 0 Å². The lowest BCUT2D eigenvalue weighted by atomic mass is 9.56. The molecule has 4 bridgehead atoms. The van der Waals surface area contributed by atoms with Crippen LogP contribution in [-0.2, 0) is 4.79 Å². The van der Waals surface area contributed by atoms with Gasteiger partial charge in [-0.3, -0.25) is 4.79 Å². The SMILES string of the molecule is CC1(C23C=CC(C2)C(C(=O)O)C3)CC2CCC1C2. The Morgan fingerprint density at radius 1 is 1.28 bits per heavy atom. The Morgan fingerprint density at radius 2 is 2.11 bits per heavy atom. The molecule has 0 amide bonds. The van der Waals surface area contributed by atoms with Crippen molar-refractivity contribution in [1.29, 1.82) is 0 Å². The van der Waals surface area contributed by atoms with Gasteiger partial charge in [0.15, 0.2) is 0 Å². The van der Waals surface area contributed by atoms with Gasteiger partial charge in [0.1, 0.15) is 0 Å². The first-order valence-electron chi connectivity index (χ1n) is 7.46. The zero-order chi connectivity index (χ0) is 12.5. The predicted octanol–water partition coefficient (Wildman–Crippen LogP) is 3.48. The van der Waals surface area contributed by atoms with Gasteiger partial charge in [-0.2, -0.15) is 0 Å². The summed E-state index contributed by atoms with van der Waals surface area (Å²) in [5, 5.41) is 9.37. The molecule has 6 atom stereocenters. The summed E-state index contributed by atoms with van der Waals surface area (Å²) in [7, 11) is 0. The molecule has 0 aromatic heterocycles. The van der Waals surface area contributed by atoms with Crippen LogP contribution < -0.4 is 0 Å². The monoisotopic (exact) mass is 246 g/mol. The highest BCUT2D eigenvalue weighted by molar-refractivity contribution is 5.72. The van der Waals surface area contributed by atoms with E-state index in [1.54, 1.807) is 0 Å². The molecule has 2 nitrogen and oxygen atoms in total. The normalized spacial score (nSPS) is 56.5. The van der Waals surface area contributed by atoms with E-state index in [1.807, 2.05) is 0 Å². The molecule has 4 aliphatic rings. The summed E-state index contributed by atoms with van der Waals surface area (Å²) >= 11 is 0. The third kappa shape index (κ3) is 1.13. The van der Waals surface area contributed by atoms with Gasteiger partial charge in [-0.05, 0) is 60.7 Å². The summed E-state index contributed by atoms with van der Waals surface area (Å²) in [5.41, 5.74) is 0.617. The summed E-state index contributed by atoms with van der Waals surface area (Å²) in [5.74, 6) is 1.44. The van der Waals surface area contributed by atoms with Crippen molar-refractivity contribution in [2.45, 2.75) is 45.4 Å². The van der Waals surface area contributed by atoms with Crippen molar-refractivity contribution in [1.82, 2.24) is 0 Å².